The van der Waals surface area contributed by atoms with Gasteiger partial charge in [-0.15, -0.1) is 0 Å². The number of rotatable bonds is 10. The molecule has 0 aromatic heterocycles. The maximum absolute atomic E-state index is 12.5. The number of esters is 3. The van der Waals surface area contributed by atoms with Gasteiger partial charge in [0.05, 0.1) is 32.0 Å². The van der Waals surface area contributed by atoms with Crippen molar-refractivity contribution in [3.05, 3.63) is 42.5 Å². The largest absolute Gasteiger partial charge is 0.494 e. The summed E-state index contributed by atoms with van der Waals surface area (Å²) in [4.78, 5) is 34.5. The summed E-state index contributed by atoms with van der Waals surface area (Å²) in [5.74, 6) is -0.722. The van der Waals surface area contributed by atoms with E-state index in [4.69, 9.17) is 28.4 Å². The molecule has 0 amide bonds. The lowest BCUT2D eigenvalue weighted by atomic mass is 10.1. The number of fused-ring (bicyclic) bond motifs is 1. The molecule has 0 aliphatic carbocycles. The fourth-order valence-electron chi connectivity index (χ4n) is 3.36. The summed E-state index contributed by atoms with van der Waals surface area (Å²) in [7, 11) is 0. The predicted molar refractivity (Wildman–Crippen MR) is 107 cm³/mol. The lowest BCUT2D eigenvalue weighted by molar-refractivity contribution is -0.151. The van der Waals surface area contributed by atoms with Gasteiger partial charge in [0.2, 0.25) is 0 Å². The van der Waals surface area contributed by atoms with Crippen molar-refractivity contribution in [2.24, 2.45) is 0 Å². The second kappa shape index (κ2) is 10.9. The van der Waals surface area contributed by atoms with Gasteiger partial charge in [0.25, 0.3) is 0 Å². The van der Waals surface area contributed by atoms with Gasteiger partial charge in [-0.05, 0) is 37.1 Å². The normalized spacial score (nSPS) is 24.2. The number of unbranched alkanes of at least 4 members (excludes halogenated alkanes) is 1. The molecule has 1 aromatic rings. The Morgan fingerprint density at radius 2 is 1.61 bits per heavy atom. The van der Waals surface area contributed by atoms with E-state index in [0.29, 0.717) is 37.4 Å². The Morgan fingerprint density at radius 1 is 1.00 bits per heavy atom. The van der Waals surface area contributed by atoms with Crippen molar-refractivity contribution in [1.82, 2.24) is 0 Å². The maximum atomic E-state index is 12.5. The van der Waals surface area contributed by atoms with Crippen LogP contribution in [0, 0.1) is 0 Å². The highest BCUT2D eigenvalue weighted by atomic mass is 16.7. The Balaban J connectivity index is 1.40. The molecule has 9 heteroatoms. The van der Waals surface area contributed by atoms with Gasteiger partial charge < -0.3 is 28.4 Å². The highest BCUT2D eigenvalue weighted by Gasteiger charge is 2.51. The van der Waals surface area contributed by atoms with Crippen LogP contribution in [0.4, 0.5) is 0 Å². The van der Waals surface area contributed by atoms with Crippen molar-refractivity contribution in [2.75, 3.05) is 26.4 Å². The summed E-state index contributed by atoms with van der Waals surface area (Å²) >= 11 is 0. The summed E-state index contributed by atoms with van der Waals surface area (Å²) in [6, 6.07) is 6.61. The minimum Gasteiger partial charge on any atom is -0.494 e. The molecule has 1 aromatic carbocycles. The number of carbonyl (C=O) groups is 3. The Kier molecular flexibility index (Phi) is 8.02. The Hall–Kier alpha value is -2.91. The van der Waals surface area contributed by atoms with Gasteiger partial charge in [-0.25, -0.2) is 9.59 Å². The molecule has 31 heavy (non-hydrogen) atoms. The van der Waals surface area contributed by atoms with Crippen LogP contribution in [0.15, 0.2) is 36.9 Å². The van der Waals surface area contributed by atoms with Crippen molar-refractivity contribution < 1.29 is 42.8 Å². The molecular weight excluding hydrogens is 408 g/mol. The van der Waals surface area contributed by atoms with E-state index in [9.17, 15) is 14.4 Å². The fourth-order valence-corrected chi connectivity index (χ4v) is 3.36. The molecule has 4 atom stereocenters. The number of benzene rings is 1. The summed E-state index contributed by atoms with van der Waals surface area (Å²) in [5.41, 5.74) is 0.377. The average molecular weight is 434 g/mol. The molecule has 2 aliphatic rings. The zero-order chi connectivity index (χ0) is 22.2. The van der Waals surface area contributed by atoms with Crippen LogP contribution in [-0.4, -0.2) is 68.8 Å². The summed E-state index contributed by atoms with van der Waals surface area (Å²) in [6.45, 7) is 5.83. The zero-order valence-corrected chi connectivity index (χ0v) is 17.3. The molecule has 2 unspecified atom stereocenters. The molecule has 2 heterocycles. The SMILES string of the molecule is C=CC(=O)OCCCCOc1ccc(C(=O)O[C@H]2COC3C2OC[C@H]3OC(C)=O)cc1. The van der Waals surface area contributed by atoms with E-state index in [1.54, 1.807) is 24.3 Å². The van der Waals surface area contributed by atoms with Crippen molar-refractivity contribution >= 4 is 17.9 Å². The smallest absolute Gasteiger partial charge is 0.338 e. The first-order valence-corrected chi connectivity index (χ1v) is 10.1. The van der Waals surface area contributed by atoms with Crippen LogP contribution in [-0.2, 0) is 33.3 Å². The van der Waals surface area contributed by atoms with Gasteiger partial charge in [-0.3, -0.25) is 4.79 Å². The van der Waals surface area contributed by atoms with Gasteiger partial charge in [-0.2, -0.15) is 0 Å². The number of hydrogen-bond donors (Lipinski definition) is 0. The first-order chi connectivity index (χ1) is 15.0. The highest BCUT2D eigenvalue weighted by molar-refractivity contribution is 5.89. The average Bonchev–Trinajstić information content (AvgIpc) is 3.33. The monoisotopic (exact) mass is 434 g/mol. The molecular formula is C22H26O9. The second-order valence-corrected chi connectivity index (χ2v) is 7.14. The van der Waals surface area contributed by atoms with Crippen LogP contribution < -0.4 is 4.74 Å². The Labute approximate surface area is 180 Å². The maximum Gasteiger partial charge on any atom is 0.338 e. The summed E-state index contributed by atoms with van der Waals surface area (Å²) < 4.78 is 32.5. The molecule has 0 saturated carbocycles. The third-order valence-corrected chi connectivity index (χ3v) is 4.85. The van der Waals surface area contributed by atoms with Gasteiger partial charge in [0.1, 0.15) is 18.0 Å². The van der Waals surface area contributed by atoms with Crippen molar-refractivity contribution in [3.8, 4) is 5.75 Å². The minimum absolute atomic E-state index is 0.183. The molecule has 0 radical (unpaired) electrons. The van der Waals surface area contributed by atoms with Crippen LogP contribution in [0.5, 0.6) is 5.75 Å². The van der Waals surface area contributed by atoms with E-state index in [0.717, 1.165) is 6.08 Å². The highest BCUT2D eigenvalue weighted by Crippen LogP contribution is 2.31. The zero-order valence-electron chi connectivity index (χ0n) is 17.3. The number of ether oxygens (including phenoxy) is 6. The van der Waals surface area contributed by atoms with Crippen LogP contribution in [0.25, 0.3) is 0 Å². The molecule has 9 nitrogen and oxygen atoms in total. The number of carbonyl (C=O) groups excluding carboxylic acids is 3. The predicted octanol–water partition coefficient (Wildman–Crippen LogP) is 1.83. The van der Waals surface area contributed by atoms with E-state index < -0.39 is 42.3 Å². The van der Waals surface area contributed by atoms with E-state index in [2.05, 4.69) is 6.58 Å². The lowest BCUT2D eigenvalue weighted by Gasteiger charge is -2.17. The minimum atomic E-state index is -0.566. The molecule has 0 N–H and O–H groups in total. The Morgan fingerprint density at radius 3 is 2.23 bits per heavy atom. The summed E-state index contributed by atoms with van der Waals surface area (Å²) in [5, 5.41) is 0. The molecule has 3 rings (SSSR count). The first-order valence-electron chi connectivity index (χ1n) is 10.1. The second-order valence-electron chi connectivity index (χ2n) is 7.14. The Bertz CT molecular complexity index is 789. The molecule has 2 fully saturated rings. The quantitative estimate of drug-likeness (QED) is 0.236. The fraction of sp³-hybridized carbons (Fsp3) is 0.500. The van der Waals surface area contributed by atoms with Gasteiger partial charge in [0.15, 0.2) is 12.2 Å². The van der Waals surface area contributed by atoms with E-state index in [1.807, 2.05) is 0 Å². The van der Waals surface area contributed by atoms with Crippen molar-refractivity contribution in [3.63, 3.8) is 0 Å². The topological polar surface area (TPSA) is 107 Å². The number of hydrogen-bond acceptors (Lipinski definition) is 9. The molecule has 0 bridgehead atoms. The van der Waals surface area contributed by atoms with E-state index >= 15 is 0 Å². The molecule has 168 valence electrons. The van der Waals surface area contributed by atoms with Gasteiger partial charge in [-0.1, -0.05) is 6.58 Å². The molecule has 0 spiro atoms. The third-order valence-electron chi connectivity index (χ3n) is 4.85. The molecule has 2 saturated heterocycles. The van der Waals surface area contributed by atoms with Crippen LogP contribution >= 0.6 is 0 Å². The first kappa shape index (κ1) is 22.8. The van der Waals surface area contributed by atoms with Crippen LogP contribution in [0.3, 0.4) is 0 Å². The van der Waals surface area contributed by atoms with E-state index in [1.165, 1.54) is 6.92 Å². The van der Waals surface area contributed by atoms with Crippen molar-refractivity contribution in [2.45, 2.75) is 44.2 Å². The standard InChI is InChI=1S/C22H26O9/c1-3-19(24)27-11-5-4-10-26-16-8-6-15(7-9-16)22(25)31-18-13-29-20-17(30-14(2)23)12-28-21(18)20/h3,6-9,17-18,20-21H,1,4-5,10-13H2,2H3/t17-,18+,20?,21?/m1/s1. The molecule has 2 aliphatic heterocycles. The van der Waals surface area contributed by atoms with Gasteiger partial charge >= 0.3 is 17.9 Å². The van der Waals surface area contributed by atoms with Crippen molar-refractivity contribution in [1.29, 1.82) is 0 Å². The van der Waals surface area contributed by atoms with E-state index in [-0.39, 0.29) is 13.2 Å². The van der Waals surface area contributed by atoms with Gasteiger partial charge in [0, 0.05) is 13.0 Å². The van der Waals surface area contributed by atoms with Crippen LogP contribution in [0.1, 0.15) is 30.1 Å². The van der Waals surface area contributed by atoms with Crippen LogP contribution in [0.2, 0.25) is 0 Å². The lowest BCUT2D eigenvalue weighted by Crippen LogP contribution is -2.35. The summed E-state index contributed by atoms with van der Waals surface area (Å²) in [6.07, 6.45) is 0.574. The third kappa shape index (κ3) is 6.28.